The predicted octanol–water partition coefficient (Wildman–Crippen LogP) is 2.87. The molecule has 0 spiro atoms. The third-order valence-electron chi connectivity index (χ3n) is 2.65. The lowest BCUT2D eigenvalue weighted by Crippen LogP contribution is -2.14. The van der Waals surface area contributed by atoms with E-state index >= 15 is 0 Å². The first-order chi connectivity index (χ1) is 10.6. The summed E-state index contributed by atoms with van der Waals surface area (Å²) in [7, 11) is -3.82. The number of anilines is 1. The summed E-state index contributed by atoms with van der Waals surface area (Å²) < 4.78 is 32.2. The zero-order valence-electron chi connectivity index (χ0n) is 13.1. The second-order valence-electron chi connectivity index (χ2n) is 5.59. The Bertz CT molecular complexity index is 803. The van der Waals surface area contributed by atoms with Gasteiger partial charge in [0.1, 0.15) is 5.00 Å². The van der Waals surface area contributed by atoms with Gasteiger partial charge in [0, 0.05) is 5.41 Å². The lowest BCUT2D eigenvalue weighted by molar-refractivity contribution is 0.0521. The third kappa shape index (κ3) is 4.06. The van der Waals surface area contributed by atoms with Crippen LogP contribution in [0.5, 0.6) is 0 Å². The Morgan fingerprint density at radius 1 is 1.35 bits per heavy atom. The molecule has 2 heterocycles. The molecular formula is C13H17N3O4S3. The molecule has 0 aliphatic carbocycles. The van der Waals surface area contributed by atoms with Crippen LogP contribution < -0.4 is 4.72 Å². The topological polar surface area (TPSA) is 98.2 Å². The monoisotopic (exact) mass is 375 g/mol. The third-order valence-corrected chi connectivity index (χ3v) is 6.76. The minimum atomic E-state index is -3.82. The van der Waals surface area contributed by atoms with Crippen LogP contribution in [0, 0.1) is 0 Å². The number of hydrogen-bond donors (Lipinski definition) is 1. The molecule has 23 heavy (non-hydrogen) atoms. The average molecular weight is 375 g/mol. The van der Waals surface area contributed by atoms with E-state index in [1.807, 2.05) is 20.8 Å². The fourth-order valence-electron chi connectivity index (χ4n) is 1.57. The van der Waals surface area contributed by atoms with E-state index in [4.69, 9.17) is 4.74 Å². The molecule has 0 fully saturated rings. The Morgan fingerprint density at radius 3 is 2.61 bits per heavy atom. The molecular weight excluding hydrogens is 358 g/mol. The lowest BCUT2D eigenvalue weighted by atomic mass is 9.98. The van der Waals surface area contributed by atoms with Gasteiger partial charge in [0.2, 0.25) is 0 Å². The van der Waals surface area contributed by atoms with E-state index in [-0.39, 0.29) is 26.9 Å². The molecule has 0 bridgehead atoms. The lowest BCUT2D eigenvalue weighted by Gasteiger charge is -2.13. The van der Waals surface area contributed by atoms with Gasteiger partial charge in [-0.1, -0.05) is 20.8 Å². The molecule has 126 valence electrons. The molecule has 0 saturated carbocycles. The van der Waals surface area contributed by atoms with Gasteiger partial charge in [0.05, 0.1) is 23.3 Å². The maximum absolute atomic E-state index is 12.5. The highest BCUT2D eigenvalue weighted by Crippen LogP contribution is 2.31. The van der Waals surface area contributed by atoms with Crippen molar-refractivity contribution in [2.75, 3.05) is 11.3 Å². The zero-order chi connectivity index (χ0) is 17.3. The molecule has 1 N–H and O–H groups in total. The minimum absolute atomic E-state index is 0.0408. The van der Waals surface area contributed by atoms with Crippen molar-refractivity contribution in [2.45, 2.75) is 37.3 Å². The number of ether oxygens (including phenoxy) is 1. The van der Waals surface area contributed by atoms with Gasteiger partial charge in [-0.3, -0.25) is 4.72 Å². The van der Waals surface area contributed by atoms with Gasteiger partial charge < -0.3 is 4.74 Å². The van der Waals surface area contributed by atoms with E-state index < -0.39 is 16.0 Å². The van der Waals surface area contributed by atoms with Gasteiger partial charge in [-0.2, -0.15) is 0 Å². The molecule has 0 atom stereocenters. The fraction of sp³-hybridized carbons (Fsp3) is 0.462. The highest BCUT2D eigenvalue weighted by Gasteiger charge is 2.26. The molecule has 0 unspecified atom stereocenters. The van der Waals surface area contributed by atoms with E-state index in [0.29, 0.717) is 5.01 Å². The van der Waals surface area contributed by atoms with Crippen molar-refractivity contribution in [3.8, 4) is 0 Å². The number of rotatable bonds is 5. The first-order valence-electron chi connectivity index (χ1n) is 6.75. The molecule has 2 rings (SSSR count). The smallest absolute Gasteiger partial charge is 0.360 e. The number of thiazole rings is 2. The van der Waals surface area contributed by atoms with E-state index in [1.165, 1.54) is 11.7 Å². The number of sulfonamides is 1. The molecule has 0 aliphatic heterocycles. The highest BCUT2D eigenvalue weighted by atomic mass is 32.2. The van der Waals surface area contributed by atoms with Crippen molar-refractivity contribution in [1.82, 2.24) is 9.97 Å². The summed E-state index contributed by atoms with van der Waals surface area (Å²) in [6.45, 7) is 7.72. The quantitative estimate of drug-likeness (QED) is 0.807. The molecule has 0 saturated heterocycles. The highest BCUT2D eigenvalue weighted by molar-refractivity contribution is 7.94. The Balaban J connectivity index is 2.28. The van der Waals surface area contributed by atoms with Crippen molar-refractivity contribution in [1.29, 1.82) is 0 Å². The van der Waals surface area contributed by atoms with Crippen molar-refractivity contribution in [2.24, 2.45) is 0 Å². The number of aromatic nitrogens is 2. The van der Waals surface area contributed by atoms with Crippen LogP contribution in [0.4, 0.5) is 5.00 Å². The number of nitrogens with one attached hydrogen (secondary N) is 1. The van der Waals surface area contributed by atoms with Crippen LogP contribution in [0.1, 0.15) is 43.2 Å². The van der Waals surface area contributed by atoms with Crippen LogP contribution in [0.3, 0.4) is 0 Å². The Hall–Kier alpha value is -1.52. The van der Waals surface area contributed by atoms with Crippen LogP contribution in [0.25, 0.3) is 0 Å². The number of esters is 1. The second-order valence-corrected chi connectivity index (χ2v) is 9.39. The molecule has 7 nitrogen and oxygen atoms in total. The van der Waals surface area contributed by atoms with Crippen LogP contribution in [0.2, 0.25) is 0 Å². The summed E-state index contributed by atoms with van der Waals surface area (Å²) in [5, 5.41) is 0.849. The summed E-state index contributed by atoms with van der Waals surface area (Å²) in [6, 6.07) is 0. The Morgan fingerprint density at radius 2 is 2.04 bits per heavy atom. The van der Waals surface area contributed by atoms with Crippen LogP contribution >= 0.6 is 22.7 Å². The maximum Gasteiger partial charge on any atom is 0.360 e. The molecule has 10 heteroatoms. The van der Waals surface area contributed by atoms with Gasteiger partial charge >= 0.3 is 5.97 Å². The Labute approximate surface area is 142 Å². The zero-order valence-corrected chi connectivity index (χ0v) is 15.6. The van der Waals surface area contributed by atoms with E-state index in [2.05, 4.69) is 14.7 Å². The normalized spacial score (nSPS) is 12.2. The summed E-state index contributed by atoms with van der Waals surface area (Å²) in [5.74, 6) is -0.661. The van der Waals surface area contributed by atoms with Crippen molar-refractivity contribution in [3.05, 3.63) is 22.4 Å². The van der Waals surface area contributed by atoms with Gasteiger partial charge in [0.15, 0.2) is 9.90 Å². The summed E-state index contributed by atoms with van der Waals surface area (Å²) in [5.41, 5.74) is 1.11. The van der Waals surface area contributed by atoms with Gasteiger partial charge in [0.25, 0.3) is 10.0 Å². The molecule has 2 aromatic heterocycles. The first-order valence-corrected chi connectivity index (χ1v) is 9.93. The molecule has 0 amide bonds. The number of carbonyl (C=O) groups is 1. The van der Waals surface area contributed by atoms with Crippen molar-refractivity contribution in [3.63, 3.8) is 0 Å². The van der Waals surface area contributed by atoms with Crippen LogP contribution in [0.15, 0.2) is 15.9 Å². The predicted molar refractivity (Wildman–Crippen MR) is 89.7 cm³/mol. The average Bonchev–Trinajstić information content (AvgIpc) is 3.06. The number of carbonyl (C=O) groups excluding carboxylic acids is 1. The first kappa shape index (κ1) is 17.8. The summed E-state index contributed by atoms with van der Waals surface area (Å²) >= 11 is 2.12. The van der Waals surface area contributed by atoms with Gasteiger partial charge in [-0.25, -0.2) is 23.2 Å². The second kappa shape index (κ2) is 6.54. The summed E-state index contributed by atoms with van der Waals surface area (Å²) in [4.78, 5) is 19.8. The molecule has 0 radical (unpaired) electrons. The SMILES string of the molecule is CCOC(=O)c1ncsc1NS(=O)(=O)c1cnc(C(C)(C)C)s1. The number of hydrogen-bond acceptors (Lipinski definition) is 8. The van der Waals surface area contributed by atoms with Crippen molar-refractivity contribution >= 4 is 43.7 Å². The molecule has 0 aliphatic rings. The van der Waals surface area contributed by atoms with Crippen molar-refractivity contribution < 1.29 is 17.9 Å². The van der Waals surface area contributed by atoms with E-state index in [1.54, 1.807) is 6.92 Å². The van der Waals surface area contributed by atoms with Gasteiger partial charge in [-0.15, -0.1) is 22.7 Å². The van der Waals surface area contributed by atoms with Gasteiger partial charge in [-0.05, 0) is 6.92 Å². The van der Waals surface area contributed by atoms with Crippen LogP contribution in [-0.2, 0) is 20.2 Å². The summed E-state index contributed by atoms with van der Waals surface area (Å²) in [6.07, 6.45) is 1.32. The standard InChI is InChI=1S/C13H17N3O4S3/c1-5-20-11(17)9-10(21-7-15-9)16-23(18,19)8-6-14-12(22-8)13(2,3)4/h6-7,16H,5H2,1-4H3. The molecule has 0 aromatic carbocycles. The van der Waals surface area contributed by atoms with E-state index in [9.17, 15) is 13.2 Å². The fourth-order valence-corrected chi connectivity index (χ4v) is 4.74. The van der Waals surface area contributed by atoms with Crippen LogP contribution in [-0.4, -0.2) is 31.0 Å². The minimum Gasteiger partial charge on any atom is -0.461 e. The largest absolute Gasteiger partial charge is 0.461 e. The van der Waals surface area contributed by atoms with E-state index in [0.717, 1.165) is 22.7 Å². The molecule has 2 aromatic rings. The maximum atomic E-state index is 12.5. The number of nitrogens with zero attached hydrogens (tertiary/aromatic N) is 2. The Kier molecular flexibility index (Phi) is 5.07.